The van der Waals surface area contributed by atoms with Crippen molar-refractivity contribution in [2.24, 2.45) is 0 Å². The van der Waals surface area contributed by atoms with Crippen LogP contribution >= 0.6 is 11.6 Å². The number of ether oxygens (including phenoxy) is 3. The van der Waals surface area contributed by atoms with Crippen LogP contribution in [0.4, 0.5) is 0 Å². The lowest BCUT2D eigenvalue weighted by atomic mass is 10.1. The average Bonchev–Trinajstić information content (AvgIpc) is 3.18. The summed E-state index contributed by atoms with van der Waals surface area (Å²) in [6, 6.07) is 12.0. The smallest absolute Gasteiger partial charge is 0.240 e. The molecule has 1 fully saturated rings. The summed E-state index contributed by atoms with van der Waals surface area (Å²) in [4.78, 5) is 2.36. The molecule has 28 heavy (non-hydrogen) atoms. The molecule has 0 aromatic heterocycles. The molecule has 0 spiro atoms. The molecule has 1 unspecified atom stereocenters. The predicted molar refractivity (Wildman–Crippen MR) is 104 cm³/mol. The molecule has 1 saturated heterocycles. The fraction of sp³-hybridized carbons (Fsp3) is 0.368. The summed E-state index contributed by atoms with van der Waals surface area (Å²) in [6.07, 6.45) is 0. The van der Waals surface area contributed by atoms with Crippen molar-refractivity contribution in [2.45, 2.75) is 10.9 Å². The lowest BCUT2D eigenvalue weighted by Gasteiger charge is -2.35. The Morgan fingerprint density at radius 1 is 1.04 bits per heavy atom. The number of nitrogens with zero attached hydrogens (tertiary/aromatic N) is 1. The van der Waals surface area contributed by atoms with Gasteiger partial charge in [-0.3, -0.25) is 4.90 Å². The molecule has 2 aromatic carbocycles. The number of sulfonamides is 1. The Kier molecular flexibility index (Phi) is 5.75. The molecule has 150 valence electrons. The van der Waals surface area contributed by atoms with Gasteiger partial charge in [-0.2, -0.15) is 0 Å². The summed E-state index contributed by atoms with van der Waals surface area (Å²) in [5.41, 5.74) is 1.000. The summed E-state index contributed by atoms with van der Waals surface area (Å²) in [5.74, 6) is 0.983. The van der Waals surface area contributed by atoms with Crippen LogP contribution in [0.15, 0.2) is 47.4 Å². The number of hydrogen-bond acceptors (Lipinski definition) is 6. The standard InChI is InChI=1S/C19H21ClN2O5S/c20-15-3-1-14(2-4-15)17(22-7-9-25-10-8-22)12-21-28(23,24)16-5-6-18-19(11-16)27-13-26-18/h1-6,11,17,21H,7-10,12-13H2. The van der Waals surface area contributed by atoms with Gasteiger partial charge >= 0.3 is 0 Å². The van der Waals surface area contributed by atoms with Crippen LogP contribution in [-0.2, 0) is 14.8 Å². The summed E-state index contributed by atoms with van der Waals surface area (Å²) in [7, 11) is -3.70. The Morgan fingerprint density at radius 3 is 2.50 bits per heavy atom. The number of nitrogens with one attached hydrogen (secondary N) is 1. The summed E-state index contributed by atoms with van der Waals surface area (Å²) in [5, 5.41) is 0.644. The molecule has 2 aliphatic heterocycles. The Labute approximate surface area is 169 Å². The van der Waals surface area contributed by atoms with Crippen molar-refractivity contribution in [2.75, 3.05) is 39.6 Å². The van der Waals surface area contributed by atoms with E-state index in [2.05, 4.69) is 9.62 Å². The summed E-state index contributed by atoms with van der Waals surface area (Å²) < 4.78 is 44.4. The van der Waals surface area contributed by atoms with Crippen molar-refractivity contribution in [1.29, 1.82) is 0 Å². The molecule has 0 amide bonds. The number of halogens is 1. The van der Waals surface area contributed by atoms with E-state index in [0.717, 1.165) is 18.7 Å². The number of fused-ring (bicyclic) bond motifs is 1. The first-order chi connectivity index (χ1) is 13.5. The van der Waals surface area contributed by atoms with Gasteiger partial charge in [0.25, 0.3) is 0 Å². The Morgan fingerprint density at radius 2 is 1.75 bits per heavy atom. The highest BCUT2D eigenvalue weighted by molar-refractivity contribution is 7.89. The first-order valence-electron chi connectivity index (χ1n) is 8.99. The minimum absolute atomic E-state index is 0.0991. The van der Waals surface area contributed by atoms with E-state index in [-0.39, 0.29) is 24.3 Å². The first kappa shape index (κ1) is 19.5. The summed E-state index contributed by atoms with van der Waals surface area (Å²) in [6.45, 7) is 3.05. The van der Waals surface area contributed by atoms with E-state index in [1.54, 1.807) is 6.07 Å². The molecule has 7 nitrogen and oxygen atoms in total. The zero-order chi connectivity index (χ0) is 19.6. The van der Waals surface area contributed by atoms with Gasteiger partial charge in [-0.15, -0.1) is 0 Å². The molecule has 4 rings (SSSR count). The van der Waals surface area contributed by atoms with Crippen molar-refractivity contribution in [3.05, 3.63) is 53.1 Å². The predicted octanol–water partition coefficient (Wildman–Crippen LogP) is 2.42. The third-order valence-electron chi connectivity index (χ3n) is 4.86. The second kappa shape index (κ2) is 8.26. The molecular weight excluding hydrogens is 404 g/mol. The van der Waals surface area contributed by atoms with E-state index in [4.69, 9.17) is 25.8 Å². The van der Waals surface area contributed by atoms with Crippen LogP contribution in [0.5, 0.6) is 11.5 Å². The maximum atomic E-state index is 12.8. The Hall–Kier alpha value is -1.84. The maximum absolute atomic E-state index is 12.8. The third-order valence-corrected chi connectivity index (χ3v) is 6.54. The largest absolute Gasteiger partial charge is 0.454 e. The minimum atomic E-state index is -3.70. The second-order valence-electron chi connectivity index (χ2n) is 6.58. The highest BCUT2D eigenvalue weighted by atomic mass is 35.5. The minimum Gasteiger partial charge on any atom is -0.454 e. The van der Waals surface area contributed by atoms with Crippen molar-refractivity contribution in [3.8, 4) is 11.5 Å². The number of benzene rings is 2. The molecule has 9 heteroatoms. The quantitative estimate of drug-likeness (QED) is 0.767. The van der Waals surface area contributed by atoms with Crippen molar-refractivity contribution in [3.63, 3.8) is 0 Å². The normalized spacial score (nSPS) is 18.2. The number of morpholine rings is 1. The molecule has 2 aliphatic rings. The zero-order valence-electron chi connectivity index (χ0n) is 15.1. The van der Waals surface area contributed by atoms with Crippen LogP contribution in [0.1, 0.15) is 11.6 Å². The molecule has 2 heterocycles. The lowest BCUT2D eigenvalue weighted by molar-refractivity contribution is 0.0172. The molecular formula is C19H21ClN2O5S. The fourth-order valence-corrected chi connectivity index (χ4v) is 4.53. The molecule has 1 atom stereocenters. The lowest BCUT2D eigenvalue weighted by Crippen LogP contribution is -2.43. The second-order valence-corrected chi connectivity index (χ2v) is 8.79. The van der Waals surface area contributed by atoms with Crippen LogP contribution in [0.3, 0.4) is 0 Å². The average molecular weight is 425 g/mol. The van der Waals surface area contributed by atoms with Crippen LogP contribution < -0.4 is 14.2 Å². The molecule has 2 aromatic rings. The number of hydrogen-bond donors (Lipinski definition) is 1. The van der Waals surface area contributed by atoms with Gasteiger partial charge in [0.15, 0.2) is 11.5 Å². The highest BCUT2D eigenvalue weighted by Gasteiger charge is 2.26. The SMILES string of the molecule is O=S(=O)(NCC(c1ccc(Cl)cc1)N1CCOCC1)c1ccc2c(c1)OCO2. The van der Waals surface area contributed by atoms with Crippen LogP contribution in [0.2, 0.25) is 5.02 Å². The molecule has 0 saturated carbocycles. The van der Waals surface area contributed by atoms with Gasteiger partial charge in [0, 0.05) is 36.8 Å². The first-order valence-corrected chi connectivity index (χ1v) is 10.9. The van der Waals surface area contributed by atoms with Gasteiger partial charge < -0.3 is 14.2 Å². The van der Waals surface area contributed by atoms with Crippen molar-refractivity contribution >= 4 is 21.6 Å². The molecule has 1 N–H and O–H groups in total. The topological polar surface area (TPSA) is 77.1 Å². The van der Waals surface area contributed by atoms with Gasteiger partial charge in [-0.05, 0) is 29.8 Å². The fourth-order valence-electron chi connectivity index (χ4n) is 3.35. The van der Waals surface area contributed by atoms with Gasteiger partial charge in [0.05, 0.1) is 18.1 Å². The van der Waals surface area contributed by atoms with E-state index in [0.29, 0.717) is 29.7 Å². The van der Waals surface area contributed by atoms with Crippen LogP contribution in [-0.4, -0.2) is 53.0 Å². The number of rotatable bonds is 6. The van der Waals surface area contributed by atoms with Gasteiger partial charge in [-0.1, -0.05) is 23.7 Å². The van der Waals surface area contributed by atoms with E-state index in [9.17, 15) is 8.42 Å². The molecule has 0 radical (unpaired) electrons. The summed E-state index contributed by atoms with van der Waals surface area (Å²) >= 11 is 6.01. The zero-order valence-corrected chi connectivity index (χ0v) is 16.7. The van der Waals surface area contributed by atoms with Crippen LogP contribution in [0.25, 0.3) is 0 Å². The third kappa shape index (κ3) is 4.26. The Balaban J connectivity index is 1.53. The van der Waals surface area contributed by atoms with E-state index >= 15 is 0 Å². The maximum Gasteiger partial charge on any atom is 0.240 e. The van der Waals surface area contributed by atoms with E-state index < -0.39 is 10.0 Å². The van der Waals surface area contributed by atoms with E-state index in [1.807, 2.05) is 24.3 Å². The molecule has 0 bridgehead atoms. The van der Waals surface area contributed by atoms with Crippen molar-refractivity contribution in [1.82, 2.24) is 9.62 Å². The van der Waals surface area contributed by atoms with Gasteiger partial charge in [-0.25, -0.2) is 13.1 Å². The monoisotopic (exact) mass is 424 g/mol. The Bertz CT molecular complexity index is 930. The highest BCUT2D eigenvalue weighted by Crippen LogP contribution is 2.34. The van der Waals surface area contributed by atoms with Gasteiger partial charge in [0.2, 0.25) is 16.8 Å². The van der Waals surface area contributed by atoms with Crippen molar-refractivity contribution < 1.29 is 22.6 Å². The van der Waals surface area contributed by atoms with Gasteiger partial charge in [0.1, 0.15) is 0 Å². The van der Waals surface area contributed by atoms with E-state index in [1.165, 1.54) is 12.1 Å². The van der Waals surface area contributed by atoms with Crippen LogP contribution in [0, 0.1) is 0 Å². The molecule has 0 aliphatic carbocycles.